The first kappa shape index (κ1) is 21.7. The van der Waals surface area contributed by atoms with Crippen molar-refractivity contribution >= 4 is 11.6 Å². The first-order valence-electron chi connectivity index (χ1n) is 12.0. The monoisotopic (exact) mass is 443 g/mol. The number of aryl methyl sites for hydroxylation is 2. The van der Waals surface area contributed by atoms with Gasteiger partial charge in [0.25, 0.3) is 5.91 Å². The number of hydrogen-bond donors (Lipinski definition) is 3. The van der Waals surface area contributed by atoms with Crippen LogP contribution in [0.25, 0.3) is 11.4 Å². The standard InChI is InChI=1S/C27H33N5O/c1-17-14-18(2)23(15-22(17)26-30-24-8-11-29-16-25(24)31-26)27(33)32-12-9-20(10-13-32)19-4-6-21(28-3)7-5-19/h4-7,14-15,20,28-29H,8-13,16H2,1-3H3,(H,30,31). The molecule has 0 atom stereocenters. The number of imidazole rings is 1. The molecule has 0 unspecified atom stereocenters. The Morgan fingerprint density at radius 2 is 1.85 bits per heavy atom. The number of amides is 1. The van der Waals surface area contributed by atoms with Gasteiger partial charge in [0.15, 0.2) is 0 Å². The highest BCUT2D eigenvalue weighted by Gasteiger charge is 2.26. The van der Waals surface area contributed by atoms with Crippen molar-refractivity contribution in [3.05, 3.63) is 70.0 Å². The van der Waals surface area contributed by atoms with E-state index < -0.39 is 0 Å². The Bertz CT molecular complexity index is 1130. The van der Waals surface area contributed by atoms with Crippen LogP contribution in [0.2, 0.25) is 0 Å². The van der Waals surface area contributed by atoms with E-state index in [9.17, 15) is 4.79 Å². The lowest BCUT2D eigenvalue weighted by atomic mass is 9.89. The van der Waals surface area contributed by atoms with Gasteiger partial charge in [-0.05, 0) is 67.5 Å². The van der Waals surface area contributed by atoms with E-state index >= 15 is 0 Å². The first-order valence-corrected chi connectivity index (χ1v) is 12.0. The Hall–Kier alpha value is -3.12. The quantitative estimate of drug-likeness (QED) is 0.559. The van der Waals surface area contributed by atoms with E-state index in [4.69, 9.17) is 4.98 Å². The lowest BCUT2D eigenvalue weighted by Crippen LogP contribution is -2.38. The maximum Gasteiger partial charge on any atom is 0.254 e. The van der Waals surface area contributed by atoms with Gasteiger partial charge in [-0.15, -0.1) is 0 Å². The number of rotatable bonds is 4. The highest BCUT2D eigenvalue weighted by Crippen LogP contribution is 2.31. The van der Waals surface area contributed by atoms with E-state index in [1.165, 1.54) is 5.56 Å². The molecule has 3 N–H and O–H groups in total. The topological polar surface area (TPSA) is 73.0 Å². The maximum atomic E-state index is 13.5. The summed E-state index contributed by atoms with van der Waals surface area (Å²) < 4.78 is 0. The van der Waals surface area contributed by atoms with Gasteiger partial charge in [0.2, 0.25) is 0 Å². The fourth-order valence-corrected chi connectivity index (χ4v) is 5.19. The highest BCUT2D eigenvalue weighted by atomic mass is 16.2. The van der Waals surface area contributed by atoms with Crippen LogP contribution < -0.4 is 10.6 Å². The molecule has 172 valence electrons. The molecule has 3 aromatic rings. The van der Waals surface area contributed by atoms with Gasteiger partial charge in [0.1, 0.15) is 5.82 Å². The number of carbonyl (C=O) groups excluding carboxylic acids is 1. The third-order valence-electron chi connectivity index (χ3n) is 7.21. The van der Waals surface area contributed by atoms with E-state index in [-0.39, 0.29) is 5.91 Å². The highest BCUT2D eigenvalue weighted by molar-refractivity contribution is 5.97. The third kappa shape index (κ3) is 4.27. The summed E-state index contributed by atoms with van der Waals surface area (Å²) in [6.45, 7) is 7.51. The molecule has 1 aromatic heterocycles. The van der Waals surface area contributed by atoms with Crippen LogP contribution in [0, 0.1) is 13.8 Å². The second-order valence-electron chi connectivity index (χ2n) is 9.36. The van der Waals surface area contributed by atoms with Crippen molar-refractivity contribution in [2.24, 2.45) is 0 Å². The van der Waals surface area contributed by atoms with Crippen LogP contribution in [0.1, 0.15) is 57.2 Å². The SMILES string of the molecule is CNc1ccc(C2CCN(C(=O)c3cc(-c4nc5c([nH]4)CNCC5)c(C)cc3C)CC2)cc1. The number of nitrogens with zero attached hydrogens (tertiary/aromatic N) is 2. The van der Waals surface area contributed by atoms with E-state index in [0.717, 1.165) is 90.6 Å². The average Bonchev–Trinajstić information content (AvgIpc) is 3.28. The number of fused-ring (bicyclic) bond motifs is 1. The average molecular weight is 444 g/mol. The molecular formula is C27H33N5O. The van der Waals surface area contributed by atoms with Crippen molar-refractivity contribution in [2.75, 3.05) is 32.0 Å². The molecule has 0 bridgehead atoms. The second-order valence-corrected chi connectivity index (χ2v) is 9.36. The minimum absolute atomic E-state index is 0.135. The van der Waals surface area contributed by atoms with Gasteiger partial charge < -0.3 is 20.5 Å². The molecule has 2 aliphatic rings. The zero-order chi connectivity index (χ0) is 22.9. The Kier molecular flexibility index (Phi) is 5.94. The smallest absolute Gasteiger partial charge is 0.254 e. The Labute approximate surface area is 195 Å². The molecule has 0 radical (unpaired) electrons. The number of piperidine rings is 1. The predicted molar refractivity (Wildman–Crippen MR) is 133 cm³/mol. The van der Waals surface area contributed by atoms with Crippen LogP contribution in [-0.4, -0.2) is 47.5 Å². The Morgan fingerprint density at radius 3 is 2.55 bits per heavy atom. The molecule has 2 aromatic carbocycles. The molecule has 0 spiro atoms. The minimum Gasteiger partial charge on any atom is -0.388 e. The number of anilines is 1. The molecule has 6 nitrogen and oxygen atoms in total. The summed E-state index contributed by atoms with van der Waals surface area (Å²) in [5, 5.41) is 6.56. The van der Waals surface area contributed by atoms with Crippen molar-refractivity contribution in [1.29, 1.82) is 0 Å². The number of benzene rings is 2. The van der Waals surface area contributed by atoms with Gasteiger partial charge in [-0.25, -0.2) is 4.98 Å². The third-order valence-corrected chi connectivity index (χ3v) is 7.21. The summed E-state index contributed by atoms with van der Waals surface area (Å²) in [5.41, 5.74) is 8.79. The first-order chi connectivity index (χ1) is 16.0. The van der Waals surface area contributed by atoms with E-state index in [1.54, 1.807) is 0 Å². The lowest BCUT2D eigenvalue weighted by molar-refractivity contribution is 0.0712. The van der Waals surface area contributed by atoms with Crippen LogP contribution in [0.4, 0.5) is 5.69 Å². The number of hydrogen-bond acceptors (Lipinski definition) is 4. The summed E-state index contributed by atoms with van der Waals surface area (Å²) in [4.78, 5) is 23.9. The van der Waals surface area contributed by atoms with E-state index in [1.807, 2.05) is 24.9 Å². The molecule has 6 heteroatoms. The molecule has 0 saturated carbocycles. The predicted octanol–water partition coefficient (Wildman–Crippen LogP) is 4.40. The zero-order valence-electron chi connectivity index (χ0n) is 19.8. The summed E-state index contributed by atoms with van der Waals surface area (Å²) in [6.07, 6.45) is 2.94. The molecule has 1 fully saturated rings. The summed E-state index contributed by atoms with van der Waals surface area (Å²) in [5.74, 6) is 1.52. The molecular weight excluding hydrogens is 410 g/mol. The van der Waals surface area contributed by atoms with Gasteiger partial charge in [-0.1, -0.05) is 18.2 Å². The van der Waals surface area contributed by atoms with Gasteiger partial charge in [-0.2, -0.15) is 0 Å². The second kappa shape index (κ2) is 9.02. The molecule has 0 aliphatic carbocycles. The van der Waals surface area contributed by atoms with Crippen LogP contribution in [-0.2, 0) is 13.0 Å². The van der Waals surface area contributed by atoms with Crippen LogP contribution >= 0.6 is 0 Å². The van der Waals surface area contributed by atoms with Crippen molar-refractivity contribution in [3.63, 3.8) is 0 Å². The van der Waals surface area contributed by atoms with E-state index in [2.05, 4.69) is 52.9 Å². The molecule has 1 saturated heterocycles. The van der Waals surface area contributed by atoms with Crippen LogP contribution in [0.5, 0.6) is 0 Å². The number of aromatic amines is 1. The van der Waals surface area contributed by atoms with Crippen LogP contribution in [0.3, 0.4) is 0 Å². The number of nitrogens with one attached hydrogen (secondary N) is 3. The Morgan fingerprint density at radius 1 is 1.09 bits per heavy atom. The van der Waals surface area contributed by atoms with Gasteiger partial charge in [0.05, 0.1) is 11.4 Å². The fraction of sp³-hybridized carbons (Fsp3) is 0.407. The van der Waals surface area contributed by atoms with Crippen molar-refractivity contribution in [3.8, 4) is 11.4 Å². The molecule has 1 amide bonds. The van der Waals surface area contributed by atoms with Crippen molar-refractivity contribution < 1.29 is 4.79 Å². The number of H-pyrrole nitrogens is 1. The maximum absolute atomic E-state index is 13.5. The van der Waals surface area contributed by atoms with Crippen molar-refractivity contribution in [1.82, 2.24) is 20.2 Å². The molecule has 33 heavy (non-hydrogen) atoms. The molecule has 5 rings (SSSR count). The van der Waals surface area contributed by atoms with E-state index in [0.29, 0.717) is 5.92 Å². The Balaban J connectivity index is 1.33. The minimum atomic E-state index is 0.135. The van der Waals surface area contributed by atoms with Gasteiger partial charge in [0, 0.05) is 56.5 Å². The van der Waals surface area contributed by atoms with Crippen molar-refractivity contribution in [2.45, 2.75) is 45.6 Å². The number of aromatic nitrogens is 2. The zero-order valence-corrected chi connectivity index (χ0v) is 19.8. The van der Waals surface area contributed by atoms with Gasteiger partial charge >= 0.3 is 0 Å². The van der Waals surface area contributed by atoms with Crippen LogP contribution in [0.15, 0.2) is 36.4 Å². The fourth-order valence-electron chi connectivity index (χ4n) is 5.19. The molecule has 2 aliphatic heterocycles. The summed E-state index contributed by atoms with van der Waals surface area (Å²) >= 11 is 0. The normalized spacial score (nSPS) is 16.5. The number of carbonyl (C=O) groups is 1. The number of likely N-dealkylation sites (tertiary alicyclic amines) is 1. The molecule has 3 heterocycles. The van der Waals surface area contributed by atoms with Gasteiger partial charge in [-0.3, -0.25) is 4.79 Å². The largest absolute Gasteiger partial charge is 0.388 e. The summed E-state index contributed by atoms with van der Waals surface area (Å²) in [6, 6.07) is 12.9. The lowest BCUT2D eigenvalue weighted by Gasteiger charge is -2.33. The summed E-state index contributed by atoms with van der Waals surface area (Å²) in [7, 11) is 1.94.